The summed E-state index contributed by atoms with van der Waals surface area (Å²) in [5.74, 6) is -0.675. The number of anilines is 2. The third-order valence-corrected chi connectivity index (χ3v) is 7.55. The first-order chi connectivity index (χ1) is 18.9. The maximum absolute atomic E-state index is 12.3. The predicted octanol–water partition coefficient (Wildman–Crippen LogP) is 6.51. The lowest BCUT2D eigenvalue weighted by Gasteiger charge is -2.46. The summed E-state index contributed by atoms with van der Waals surface area (Å²) in [6.07, 6.45) is 0. The van der Waals surface area contributed by atoms with Gasteiger partial charge in [-0.2, -0.15) is 0 Å². The van der Waals surface area contributed by atoms with Crippen molar-refractivity contribution in [1.29, 1.82) is 0 Å². The summed E-state index contributed by atoms with van der Waals surface area (Å²) in [6, 6.07) is 24.3. The van der Waals surface area contributed by atoms with Crippen molar-refractivity contribution in [2.45, 2.75) is 26.9 Å². The van der Waals surface area contributed by atoms with E-state index in [1.54, 1.807) is 12.1 Å². The van der Waals surface area contributed by atoms with Gasteiger partial charge in [0.2, 0.25) is 0 Å². The lowest BCUT2D eigenvalue weighted by molar-refractivity contribution is 0.0592. The van der Waals surface area contributed by atoms with E-state index in [0.29, 0.717) is 11.1 Å². The van der Waals surface area contributed by atoms with Gasteiger partial charge in [0.25, 0.3) is 0 Å². The second-order valence-corrected chi connectivity index (χ2v) is 10.3. The van der Waals surface area contributed by atoms with Crippen molar-refractivity contribution in [2.75, 3.05) is 30.7 Å². The van der Waals surface area contributed by atoms with Gasteiger partial charge in [-0.15, -0.1) is 0 Å². The summed E-state index contributed by atoms with van der Waals surface area (Å²) in [4.78, 5) is 29.4. The molecule has 0 N–H and O–H groups in total. The van der Waals surface area contributed by atoms with Crippen molar-refractivity contribution in [2.24, 2.45) is 0 Å². The predicted molar refractivity (Wildman–Crippen MR) is 153 cm³/mol. The molecular formula is C33H30N2O4. The van der Waals surface area contributed by atoms with Crippen molar-refractivity contribution in [3.63, 3.8) is 0 Å². The van der Waals surface area contributed by atoms with E-state index >= 15 is 0 Å². The molecule has 196 valence electrons. The molecule has 4 aromatic carbocycles. The van der Waals surface area contributed by atoms with Crippen LogP contribution in [0.4, 0.5) is 11.4 Å². The quantitative estimate of drug-likeness (QED) is 0.287. The van der Waals surface area contributed by atoms with Crippen LogP contribution in [0.2, 0.25) is 0 Å². The number of nitrogens with zero attached hydrogens (tertiary/aromatic N) is 2. The molecule has 0 saturated carbocycles. The van der Waals surface area contributed by atoms with Crippen LogP contribution < -0.4 is 9.80 Å². The molecule has 0 unspecified atom stereocenters. The average molecular weight is 519 g/mol. The second-order valence-electron chi connectivity index (χ2n) is 10.3. The number of ether oxygens (including phenoxy) is 2. The number of fused-ring (bicyclic) bond motifs is 6. The van der Waals surface area contributed by atoms with E-state index in [9.17, 15) is 9.59 Å². The number of hydrogen-bond donors (Lipinski definition) is 0. The molecule has 0 aliphatic carbocycles. The van der Waals surface area contributed by atoms with Crippen molar-refractivity contribution in [3.8, 4) is 22.3 Å². The van der Waals surface area contributed by atoms with E-state index in [0.717, 1.165) is 42.0 Å². The van der Waals surface area contributed by atoms with Crippen LogP contribution in [-0.4, -0.2) is 32.8 Å². The zero-order valence-corrected chi connectivity index (χ0v) is 22.6. The zero-order chi connectivity index (χ0) is 27.3. The largest absolute Gasteiger partial charge is 0.465 e. The molecule has 6 heteroatoms. The number of benzene rings is 4. The number of aryl methyl sites for hydroxylation is 2. The molecule has 2 aliphatic rings. The Morgan fingerprint density at radius 1 is 0.641 bits per heavy atom. The molecule has 6 nitrogen and oxygen atoms in total. The minimum absolute atomic E-state index is 0.337. The van der Waals surface area contributed by atoms with Crippen LogP contribution in [0.5, 0.6) is 0 Å². The monoisotopic (exact) mass is 518 g/mol. The number of rotatable bonds is 4. The van der Waals surface area contributed by atoms with E-state index in [4.69, 9.17) is 9.47 Å². The Hall–Kier alpha value is -4.58. The Kier molecular flexibility index (Phi) is 6.10. The molecule has 0 spiro atoms. The first-order valence-electron chi connectivity index (χ1n) is 13.0. The third-order valence-electron chi connectivity index (χ3n) is 7.55. The molecule has 6 rings (SSSR count). The lowest BCUT2D eigenvalue weighted by atomic mass is 9.89. The van der Waals surface area contributed by atoms with Gasteiger partial charge in [0.15, 0.2) is 0 Å². The highest BCUT2D eigenvalue weighted by Crippen LogP contribution is 2.47. The molecule has 39 heavy (non-hydrogen) atoms. The number of hydrogen-bond acceptors (Lipinski definition) is 6. The molecule has 0 atom stereocenters. The molecule has 4 aromatic rings. The van der Waals surface area contributed by atoms with Crippen molar-refractivity contribution >= 4 is 23.3 Å². The maximum Gasteiger partial charge on any atom is 0.337 e. The molecule has 2 bridgehead atoms. The molecule has 0 saturated heterocycles. The summed E-state index contributed by atoms with van der Waals surface area (Å²) >= 11 is 0. The number of carbonyl (C=O) groups excluding carboxylic acids is 2. The Balaban J connectivity index is 1.46. The minimum atomic E-state index is -0.337. The molecular weight excluding hydrogens is 488 g/mol. The zero-order valence-electron chi connectivity index (χ0n) is 22.6. The van der Waals surface area contributed by atoms with Gasteiger partial charge < -0.3 is 19.3 Å². The van der Waals surface area contributed by atoms with Gasteiger partial charge in [-0.3, -0.25) is 0 Å². The molecule has 2 heterocycles. The summed E-state index contributed by atoms with van der Waals surface area (Å²) in [6.45, 7) is 6.50. The Labute approximate surface area is 228 Å². The fourth-order valence-corrected chi connectivity index (χ4v) is 6.02. The normalized spacial score (nSPS) is 13.4. The number of methoxy groups -OCH3 is 2. The summed E-state index contributed by atoms with van der Waals surface area (Å²) in [5.41, 5.74) is 12.6. The van der Waals surface area contributed by atoms with E-state index in [2.05, 4.69) is 60.0 Å². The average Bonchev–Trinajstić information content (AvgIpc) is 2.95. The maximum atomic E-state index is 12.3. The van der Waals surface area contributed by atoms with Crippen LogP contribution in [0.15, 0.2) is 72.8 Å². The smallest absolute Gasteiger partial charge is 0.337 e. The fraction of sp³-hybridized carbons (Fsp3) is 0.212. The Morgan fingerprint density at radius 3 is 1.49 bits per heavy atom. The van der Waals surface area contributed by atoms with Gasteiger partial charge in [0.1, 0.15) is 0 Å². The first-order valence-corrected chi connectivity index (χ1v) is 13.0. The lowest BCUT2D eigenvalue weighted by Crippen LogP contribution is -2.46. The van der Waals surface area contributed by atoms with Gasteiger partial charge in [-0.05, 0) is 72.5 Å². The highest BCUT2D eigenvalue weighted by molar-refractivity contribution is 5.94. The highest BCUT2D eigenvalue weighted by atomic mass is 16.5. The van der Waals surface area contributed by atoms with Gasteiger partial charge in [-0.1, -0.05) is 47.5 Å². The van der Waals surface area contributed by atoms with E-state index < -0.39 is 0 Å². The van der Waals surface area contributed by atoms with Gasteiger partial charge in [-0.25, -0.2) is 9.59 Å². The topological polar surface area (TPSA) is 59.1 Å². The SMILES string of the molecule is COC(=O)c1cccc(-c2cc(C)cc3c2N2Cc4cc(C)cc(-c5cccc(C(=O)OC)c5)c4N(C3)C2)c1. The molecule has 2 aliphatic heterocycles. The molecule has 0 fully saturated rings. The molecule has 0 radical (unpaired) electrons. The first kappa shape index (κ1) is 24.7. The van der Waals surface area contributed by atoms with Crippen LogP contribution in [0, 0.1) is 13.8 Å². The molecule has 0 amide bonds. The van der Waals surface area contributed by atoms with Crippen molar-refractivity contribution in [3.05, 3.63) is 106 Å². The van der Waals surface area contributed by atoms with Crippen LogP contribution in [-0.2, 0) is 22.6 Å². The highest BCUT2D eigenvalue weighted by Gasteiger charge is 2.33. The van der Waals surface area contributed by atoms with E-state index in [1.807, 2.05) is 24.3 Å². The van der Waals surface area contributed by atoms with Crippen LogP contribution in [0.25, 0.3) is 22.3 Å². The summed E-state index contributed by atoms with van der Waals surface area (Å²) < 4.78 is 9.94. The van der Waals surface area contributed by atoms with Crippen LogP contribution in [0.3, 0.4) is 0 Å². The summed E-state index contributed by atoms with van der Waals surface area (Å²) in [7, 11) is 2.82. The van der Waals surface area contributed by atoms with Crippen LogP contribution in [0.1, 0.15) is 43.0 Å². The van der Waals surface area contributed by atoms with Crippen molar-refractivity contribution < 1.29 is 19.1 Å². The van der Waals surface area contributed by atoms with Gasteiger partial charge >= 0.3 is 11.9 Å². The van der Waals surface area contributed by atoms with Gasteiger partial charge in [0.05, 0.1) is 43.4 Å². The number of esters is 2. The third kappa shape index (κ3) is 4.32. The van der Waals surface area contributed by atoms with E-state index in [-0.39, 0.29) is 11.9 Å². The van der Waals surface area contributed by atoms with Crippen LogP contribution >= 0.6 is 0 Å². The Morgan fingerprint density at radius 2 is 1.08 bits per heavy atom. The standard InChI is InChI=1S/C33H30N2O4/c1-20-11-26-17-34-19-35(30(26)28(13-20)22-7-5-9-24(15-22)32(36)38-3)18-27-12-21(2)14-29(31(27)34)23-8-6-10-25(16-23)33(37)39-4/h5-16H,17-19H2,1-4H3. The van der Waals surface area contributed by atoms with Crippen molar-refractivity contribution in [1.82, 2.24) is 0 Å². The minimum Gasteiger partial charge on any atom is -0.465 e. The van der Waals surface area contributed by atoms with E-state index in [1.165, 1.54) is 47.8 Å². The fourth-order valence-electron chi connectivity index (χ4n) is 6.02. The summed E-state index contributed by atoms with van der Waals surface area (Å²) in [5, 5.41) is 0. The Bertz CT molecular complexity index is 1520. The molecule has 0 aromatic heterocycles. The van der Waals surface area contributed by atoms with Gasteiger partial charge in [0, 0.05) is 24.2 Å². The number of carbonyl (C=O) groups is 2. The second kappa shape index (κ2) is 9.62.